The van der Waals surface area contributed by atoms with Crippen LogP contribution in [-0.2, 0) is 16.2 Å². The number of rotatable bonds is 7. The molecule has 1 aliphatic heterocycles. The van der Waals surface area contributed by atoms with Gasteiger partial charge in [0.25, 0.3) is 11.8 Å². The molecule has 0 radical (unpaired) electrons. The smallest absolute Gasteiger partial charge is 0.254 e. The molecule has 4 aliphatic rings. The Balaban J connectivity index is 1.35. The molecule has 2 amide bonds. The lowest BCUT2D eigenvalue weighted by Gasteiger charge is -2.37. The van der Waals surface area contributed by atoms with E-state index in [2.05, 4.69) is 55.8 Å². The van der Waals surface area contributed by atoms with E-state index in [9.17, 15) is 9.59 Å². The molecular formula is C26H24BrIN2O4. The summed E-state index contributed by atoms with van der Waals surface area (Å²) in [7, 11) is 0. The van der Waals surface area contributed by atoms with Gasteiger partial charge in [0.2, 0.25) is 0 Å². The monoisotopic (exact) mass is 634 g/mol. The Morgan fingerprint density at radius 3 is 2.29 bits per heavy atom. The van der Waals surface area contributed by atoms with Crippen LogP contribution in [0.3, 0.4) is 0 Å². The molecule has 0 unspecified atom stereocenters. The Bertz CT molecular complexity index is 1150. The Hall–Kier alpha value is -2.20. The van der Waals surface area contributed by atoms with E-state index in [1.54, 1.807) is 6.21 Å². The summed E-state index contributed by atoms with van der Waals surface area (Å²) in [5.74, 6) is 0.675. The maximum Gasteiger partial charge on any atom is 0.254 e. The average molecular weight is 635 g/mol. The lowest BCUT2D eigenvalue weighted by Crippen LogP contribution is -2.38. The summed E-state index contributed by atoms with van der Waals surface area (Å²) in [5.41, 5.74) is 1.78. The van der Waals surface area contributed by atoms with Gasteiger partial charge in [0.05, 0.1) is 28.2 Å². The molecule has 34 heavy (non-hydrogen) atoms. The largest absolute Gasteiger partial charge is 0.490 e. The molecule has 1 heterocycles. The molecule has 1 saturated carbocycles. The fourth-order valence-electron chi connectivity index (χ4n) is 5.10. The van der Waals surface area contributed by atoms with Crippen molar-refractivity contribution in [2.45, 2.75) is 26.4 Å². The lowest BCUT2D eigenvalue weighted by molar-refractivity contribution is -0.140. The first-order valence-electron chi connectivity index (χ1n) is 11.4. The van der Waals surface area contributed by atoms with Gasteiger partial charge in [-0.15, -0.1) is 0 Å². The highest BCUT2D eigenvalue weighted by atomic mass is 127. The Morgan fingerprint density at radius 2 is 1.71 bits per heavy atom. The van der Waals surface area contributed by atoms with Crippen LogP contribution in [0, 0.1) is 27.2 Å². The highest BCUT2D eigenvalue weighted by Gasteiger charge is 2.56. The third-order valence-electron chi connectivity index (χ3n) is 6.69. The van der Waals surface area contributed by atoms with Crippen molar-refractivity contribution in [2.24, 2.45) is 28.8 Å². The third-order valence-corrected chi connectivity index (χ3v) is 8.02. The van der Waals surface area contributed by atoms with Crippen molar-refractivity contribution >= 4 is 56.5 Å². The first-order valence-corrected chi connectivity index (χ1v) is 13.3. The third kappa shape index (κ3) is 4.42. The average Bonchev–Trinajstić information content (AvgIpc) is 3.11. The maximum atomic E-state index is 13.0. The number of nitrogens with zero attached hydrogens (tertiary/aromatic N) is 2. The van der Waals surface area contributed by atoms with Crippen molar-refractivity contribution in [3.63, 3.8) is 0 Å². The number of carbonyl (C=O) groups is 2. The highest BCUT2D eigenvalue weighted by molar-refractivity contribution is 14.1. The number of imide groups is 1. The number of halogens is 2. The number of fused-ring (bicyclic) bond motifs is 1. The van der Waals surface area contributed by atoms with Crippen LogP contribution in [0.25, 0.3) is 0 Å². The predicted octanol–water partition coefficient (Wildman–Crippen LogP) is 5.56. The van der Waals surface area contributed by atoms with Crippen LogP contribution in [0.4, 0.5) is 0 Å². The molecule has 0 spiro atoms. The van der Waals surface area contributed by atoms with Crippen LogP contribution in [-0.4, -0.2) is 29.6 Å². The summed E-state index contributed by atoms with van der Waals surface area (Å²) < 4.78 is 13.8. The molecule has 0 N–H and O–H groups in total. The normalized spacial score (nSPS) is 25.3. The van der Waals surface area contributed by atoms with E-state index in [4.69, 9.17) is 9.47 Å². The van der Waals surface area contributed by atoms with Crippen LogP contribution in [0.1, 0.15) is 30.9 Å². The van der Waals surface area contributed by atoms with Gasteiger partial charge in [0.1, 0.15) is 6.61 Å². The molecule has 2 bridgehead atoms. The zero-order chi connectivity index (χ0) is 23.8. The molecule has 0 aromatic heterocycles. The summed E-state index contributed by atoms with van der Waals surface area (Å²) in [6.45, 7) is 2.80. The van der Waals surface area contributed by atoms with Crippen molar-refractivity contribution in [1.29, 1.82) is 0 Å². The van der Waals surface area contributed by atoms with Crippen LogP contribution in [0.15, 0.2) is 58.1 Å². The predicted molar refractivity (Wildman–Crippen MR) is 141 cm³/mol. The van der Waals surface area contributed by atoms with Gasteiger partial charge in [-0.2, -0.15) is 10.1 Å². The number of carbonyl (C=O) groups excluding carboxylic acids is 2. The number of hydrogen-bond acceptors (Lipinski definition) is 5. The molecule has 1 saturated heterocycles. The van der Waals surface area contributed by atoms with E-state index in [1.807, 2.05) is 43.3 Å². The van der Waals surface area contributed by atoms with E-state index in [0.717, 1.165) is 37.0 Å². The number of benzene rings is 2. The zero-order valence-electron chi connectivity index (χ0n) is 18.6. The fourth-order valence-corrected chi connectivity index (χ4v) is 6.14. The summed E-state index contributed by atoms with van der Waals surface area (Å²) in [5, 5.41) is 5.41. The second-order valence-electron chi connectivity index (χ2n) is 8.75. The molecule has 6 rings (SSSR count). The molecule has 2 fully saturated rings. The number of ether oxygens (including phenoxy) is 2. The molecule has 3 aliphatic carbocycles. The van der Waals surface area contributed by atoms with Crippen LogP contribution in [0.5, 0.6) is 11.5 Å². The van der Waals surface area contributed by atoms with Crippen LogP contribution in [0.2, 0.25) is 0 Å². The SMILES string of the molecule is CCOc1cc(/C=N\N2C(=O)[C@@H]3[C@H](C2=O)[C@H]2C=C[C@H]3CC2)cc(I)c1OCc1ccc(Br)cc1. The van der Waals surface area contributed by atoms with Gasteiger partial charge in [0, 0.05) is 4.47 Å². The molecule has 4 atom stereocenters. The Kier molecular flexibility index (Phi) is 6.79. The molecular weight excluding hydrogens is 611 g/mol. The van der Waals surface area contributed by atoms with Gasteiger partial charge in [-0.05, 0) is 89.6 Å². The van der Waals surface area contributed by atoms with Crippen molar-refractivity contribution < 1.29 is 19.1 Å². The molecule has 8 heteroatoms. The minimum absolute atomic E-state index is 0.152. The quantitative estimate of drug-likeness (QED) is 0.173. The summed E-state index contributed by atoms with van der Waals surface area (Å²) >= 11 is 5.65. The van der Waals surface area contributed by atoms with Gasteiger partial charge in [-0.25, -0.2) is 0 Å². The number of hydrogen-bond donors (Lipinski definition) is 0. The van der Waals surface area contributed by atoms with Crippen LogP contribution < -0.4 is 9.47 Å². The molecule has 2 aromatic rings. The van der Waals surface area contributed by atoms with Crippen molar-refractivity contribution in [1.82, 2.24) is 5.01 Å². The fraction of sp³-hybridized carbons (Fsp3) is 0.346. The highest BCUT2D eigenvalue weighted by Crippen LogP contribution is 2.49. The van der Waals surface area contributed by atoms with E-state index in [0.29, 0.717) is 24.7 Å². The second kappa shape index (κ2) is 9.81. The molecule has 2 aromatic carbocycles. The molecule has 176 valence electrons. The Morgan fingerprint density at radius 1 is 1.06 bits per heavy atom. The minimum atomic E-state index is -0.262. The van der Waals surface area contributed by atoms with Gasteiger partial charge in [0.15, 0.2) is 11.5 Å². The van der Waals surface area contributed by atoms with Gasteiger partial charge in [-0.3, -0.25) is 9.59 Å². The minimum Gasteiger partial charge on any atom is -0.490 e. The van der Waals surface area contributed by atoms with Gasteiger partial charge in [-0.1, -0.05) is 40.2 Å². The lowest BCUT2D eigenvalue weighted by atomic mass is 9.63. The maximum absolute atomic E-state index is 13.0. The number of allylic oxidation sites excluding steroid dienone is 2. The Labute approximate surface area is 220 Å². The second-order valence-corrected chi connectivity index (χ2v) is 10.8. The van der Waals surface area contributed by atoms with E-state index < -0.39 is 0 Å². The standard InChI is InChI=1S/C26H24BrIN2O4/c1-2-33-21-12-16(11-20(28)24(21)34-14-15-3-9-19(27)10-4-15)13-29-30-25(31)22-17-5-6-18(8-7-17)23(22)26(30)32/h3-6,9-13,17-18,22-23H,2,7-8,14H2,1H3/b29-13-/t17-,18-,22-,23+/m0/s1. The van der Waals surface area contributed by atoms with Crippen LogP contribution >= 0.6 is 38.5 Å². The first kappa shape index (κ1) is 23.5. The molecule has 6 nitrogen and oxygen atoms in total. The van der Waals surface area contributed by atoms with E-state index in [-0.39, 0.29) is 35.5 Å². The summed E-state index contributed by atoms with van der Waals surface area (Å²) in [4.78, 5) is 26.0. The van der Waals surface area contributed by atoms with Crippen molar-refractivity contribution in [3.05, 3.63) is 67.7 Å². The first-order chi connectivity index (χ1) is 16.5. The van der Waals surface area contributed by atoms with E-state index in [1.165, 1.54) is 0 Å². The van der Waals surface area contributed by atoms with Gasteiger partial charge >= 0.3 is 0 Å². The number of hydrazone groups is 1. The van der Waals surface area contributed by atoms with E-state index >= 15 is 0 Å². The summed E-state index contributed by atoms with van der Waals surface area (Å²) in [6, 6.07) is 11.7. The summed E-state index contributed by atoms with van der Waals surface area (Å²) in [6.07, 6.45) is 7.72. The van der Waals surface area contributed by atoms with Crippen molar-refractivity contribution in [2.75, 3.05) is 6.61 Å². The number of amides is 2. The zero-order valence-corrected chi connectivity index (χ0v) is 22.4. The topological polar surface area (TPSA) is 68.2 Å². The van der Waals surface area contributed by atoms with Gasteiger partial charge < -0.3 is 9.47 Å². The van der Waals surface area contributed by atoms with Crippen molar-refractivity contribution in [3.8, 4) is 11.5 Å².